The van der Waals surface area contributed by atoms with Crippen molar-refractivity contribution in [2.24, 2.45) is 0 Å². The number of anilines is 1. The maximum atomic E-state index is 12.2. The first-order valence-electron chi connectivity index (χ1n) is 9.93. The molecule has 0 saturated heterocycles. The number of carbonyl (C=O) groups excluding carboxylic acids is 1. The molecule has 0 bridgehead atoms. The number of nitrogens with one attached hydrogen (secondary N) is 1. The van der Waals surface area contributed by atoms with Gasteiger partial charge in [-0.15, -0.1) is 16.9 Å². The molecule has 3 aromatic rings. The van der Waals surface area contributed by atoms with E-state index in [1.807, 2.05) is 38.1 Å². The summed E-state index contributed by atoms with van der Waals surface area (Å²) in [6.07, 6.45) is 0.311. The normalized spacial score (nSPS) is 10.5. The van der Waals surface area contributed by atoms with Crippen LogP contribution < -0.4 is 19.5 Å². The number of benzene rings is 2. The summed E-state index contributed by atoms with van der Waals surface area (Å²) in [6.45, 7) is 4.85. The van der Waals surface area contributed by atoms with Crippen molar-refractivity contribution in [1.82, 2.24) is 10.2 Å². The fraction of sp³-hybridized carbons (Fsp3) is 0.318. The molecule has 0 unspecified atom stereocenters. The third-order valence-corrected chi connectivity index (χ3v) is 5.13. The number of methoxy groups -OCH3 is 1. The van der Waals surface area contributed by atoms with E-state index in [1.54, 1.807) is 37.1 Å². The Kier molecular flexibility index (Phi) is 8.17. The first-order chi connectivity index (χ1) is 15.1. The number of thioether (sulfide) groups is 1. The van der Waals surface area contributed by atoms with Crippen LogP contribution in [0, 0.1) is 0 Å². The molecular formula is C22H25N3O5S. The van der Waals surface area contributed by atoms with Gasteiger partial charge in [0.15, 0.2) is 11.5 Å². The Labute approximate surface area is 185 Å². The molecule has 0 radical (unpaired) electrons. The second-order valence-corrected chi connectivity index (χ2v) is 7.43. The van der Waals surface area contributed by atoms with Crippen LogP contribution in [0.1, 0.15) is 20.3 Å². The molecule has 0 aliphatic heterocycles. The van der Waals surface area contributed by atoms with Crippen molar-refractivity contribution in [2.75, 3.05) is 31.4 Å². The van der Waals surface area contributed by atoms with Crippen LogP contribution in [-0.2, 0) is 4.79 Å². The van der Waals surface area contributed by atoms with Gasteiger partial charge in [-0.05, 0) is 56.3 Å². The third kappa shape index (κ3) is 6.39. The molecule has 1 amide bonds. The van der Waals surface area contributed by atoms with E-state index in [2.05, 4.69) is 15.5 Å². The molecule has 0 atom stereocenters. The van der Waals surface area contributed by atoms with Crippen molar-refractivity contribution in [3.05, 3.63) is 42.5 Å². The van der Waals surface area contributed by atoms with Crippen LogP contribution in [0.5, 0.6) is 17.2 Å². The first-order valence-corrected chi connectivity index (χ1v) is 10.9. The van der Waals surface area contributed by atoms with Crippen molar-refractivity contribution in [2.45, 2.75) is 25.2 Å². The van der Waals surface area contributed by atoms with Gasteiger partial charge in [-0.2, -0.15) is 0 Å². The van der Waals surface area contributed by atoms with Gasteiger partial charge in [-0.1, -0.05) is 5.10 Å². The molecule has 9 heteroatoms. The molecule has 1 heterocycles. The number of carbonyl (C=O) groups is 1. The van der Waals surface area contributed by atoms with E-state index in [9.17, 15) is 4.79 Å². The van der Waals surface area contributed by atoms with E-state index >= 15 is 0 Å². The lowest BCUT2D eigenvalue weighted by molar-refractivity contribution is -0.115. The quantitative estimate of drug-likeness (QED) is 0.427. The van der Waals surface area contributed by atoms with Gasteiger partial charge < -0.3 is 18.6 Å². The molecule has 0 fully saturated rings. The molecular weight excluding hydrogens is 418 g/mol. The number of hydrogen-bond donors (Lipinski definition) is 1. The maximum absolute atomic E-state index is 12.2. The zero-order valence-corrected chi connectivity index (χ0v) is 18.5. The van der Waals surface area contributed by atoms with E-state index in [4.69, 9.17) is 18.6 Å². The molecule has 164 valence electrons. The number of ether oxygens (including phenoxy) is 3. The highest BCUT2D eigenvalue weighted by Gasteiger charge is 2.14. The Bertz CT molecular complexity index is 991. The molecule has 1 N–H and O–H groups in total. The fourth-order valence-electron chi connectivity index (χ4n) is 2.69. The number of hydrogen-bond acceptors (Lipinski definition) is 8. The summed E-state index contributed by atoms with van der Waals surface area (Å²) in [5.41, 5.74) is 0.676. The Balaban J connectivity index is 1.55. The van der Waals surface area contributed by atoms with E-state index in [1.165, 1.54) is 0 Å². The van der Waals surface area contributed by atoms with Crippen LogP contribution in [0.4, 0.5) is 6.01 Å². The Morgan fingerprint density at radius 3 is 2.48 bits per heavy atom. The summed E-state index contributed by atoms with van der Waals surface area (Å²) >= 11 is 1.58. The molecule has 3 rings (SSSR count). The van der Waals surface area contributed by atoms with Crippen molar-refractivity contribution in [3.8, 4) is 28.7 Å². The van der Waals surface area contributed by atoms with Gasteiger partial charge in [-0.25, -0.2) is 0 Å². The second-order valence-electron chi connectivity index (χ2n) is 6.26. The summed E-state index contributed by atoms with van der Waals surface area (Å²) in [7, 11) is 1.63. The number of nitrogens with zero attached hydrogens (tertiary/aromatic N) is 2. The first kappa shape index (κ1) is 22.5. The van der Waals surface area contributed by atoms with Crippen LogP contribution in [0.2, 0.25) is 0 Å². The maximum Gasteiger partial charge on any atom is 0.322 e. The van der Waals surface area contributed by atoms with Crippen molar-refractivity contribution in [3.63, 3.8) is 0 Å². The lowest BCUT2D eigenvalue weighted by Gasteiger charge is -2.11. The smallest absolute Gasteiger partial charge is 0.322 e. The van der Waals surface area contributed by atoms with Gasteiger partial charge in [-0.3, -0.25) is 10.1 Å². The topological polar surface area (TPSA) is 95.7 Å². The van der Waals surface area contributed by atoms with Crippen molar-refractivity contribution in [1.29, 1.82) is 0 Å². The van der Waals surface area contributed by atoms with E-state index < -0.39 is 0 Å². The average Bonchev–Trinajstić information content (AvgIpc) is 3.24. The molecule has 2 aromatic carbocycles. The molecule has 0 saturated carbocycles. The van der Waals surface area contributed by atoms with Gasteiger partial charge in [0.25, 0.3) is 0 Å². The fourth-order valence-corrected chi connectivity index (χ4v) is 3.54. The zero-order chi connectivity index (χ0) is 22.1. The Morgan fingerprint density at radius 1 is 1.03 bits per heavy atom. The summed E-state index contributed by atoms with van der Waals surface area (Å²) in [5.74, 6) is 2.76. The predicted molar refractivity (Wildman–Crippen MR) is 119 cm³/mol. The summed E-state index contributed by atoms with van der Waals surface area (Å²) in [4.78, 5) is 13.3. The van der Waals surface area contributed by atoms with Gasteiger partial charge in [0.05, 0.1) is 20.3 Å². The SMILES string of the molecule is CCOc1ccc(-c2nnc(NC(=O)CCSc3ccc(OC)cc3)o2)cc1OCC. The van der Waals surface area contributed by atoms with Crippen molar-refractivity contribution >= 4 is 23.7 Å². The largest absolute Gasteiger partial charge is 0.497 e. The minimum absolute atomic E-state index is 0.0568. The molecule has 0 spiro atoms. The number of aromatic nitrogens is 2. The minimum atomic E-state index is -0.196. The highest BCUT2D eigenvalue weighted by molar-refractivity contribution is 7.99. The van der Waals surface area contributed by atoms with Gasteiger partial charge in [0, 0.05) is 22.6 Å². The molecule has 0 aliphatic rings. The van der Waals surface area contributed by atoms with Crippen LogP contribution in [0.25, 0.3) is 11.5 Å². The van der Waals surface area contributed by atoms with Crippen LogP contribution in [-0.4, -0.2) is 42.2 Å². The van der Waals surface area contributed by atoms with E-state index in [0.29, 0.717) is 42.4 Å². The summed E-state index contributed by atoms with van der Waals surface area (Å²) in [5, 5.41) is 10.6. The number of amides is 1. The van der Waals surface area contributed by atoms with Gasteiger partial charge in [0.2, 0.25) is 11.8 Å². The lowest BCUT2D eigenvalue weighted by atomic mass is 10.2. The van der Waals surface area contributed by atoms with Gasteiger partial charge >= 0.3 is 6.01 Å². The Hall–Kier alpha value is -3.20. The van der Waals surface area contributed by atoms with Crippen LogP contribution in [0.15, 0.2) is 51.8 Å². The van der Waals surface area contributed by atoms with Crippen molar-refractivity contribution < 1.29 is 23.4 Å². The lowest BCUT2D eigenvalue weighted by Crippen LogP contribution is -2.12. The van der Waals surface area contributed by atoms with Gasteiger partial charge in [0.1, 0.15) is 5.75 Å². The van der Waals surface area contributed by atoms with E-state index in [0.717, 1.165) is 10.6 Å². The zero-order valence-electron chi connectivity index (χ0n) is 17.7. The second kappa shape index (κ2) is 11.3. The molecule has 0 aliphatic carbocycles. The standard InChI is InChI=1S/C22H25N3O5S/c1-4-28-18-11-6-15(14-19(18)29-5-2)21-24-25-22(30-21)23-20(26)12-13-31-17-9-7-16(27-3)8-10-17/h6-11,14H,4-5,12-13H2,1-3H3,(H,23,25,26). The highest BCUT2D eigenvalue weighted by atomic mass is 32.2. The molecule has 8 nitrogen and oxygen atoms in total. The minimum Gasteiger partial charge on any atom is -0.497 e. The third-order valence-electron chi connectivity index (χ3n) is 4.12. The number of rotatable bonds is 11. The monoisotopic (exact) mass is 443 g/mol. The van der Waals surface area contributed by atoms with Crippen LogP contribution in [0.3, 0.4) is 0 Å². The average molecular weight is 444 g/mol. The highest BCUT2D eigenvalue weighted by Crippen LogP contribution is 2.33. The molecule has 1 aromatic heterocycles. The summed E-state index contributed by atoms with van der Waals surface area (Å²) in [6, 6.07) is 13.1. The predicted octanol–water partition coefficient (Wildman–Crippen LogP) is 4.66. The van der Waals surface area contributed by atoms with Crippen LogP contribution >= 0.6 is 11.8 Å². The summed E-state index contributed by atoms with van der Waals surface area (Å²) < 4.78 is 21.9. The molecule has 31 heavy (non-hydrogen) atoms. The van der Waals surface area contributed by atoms with E-state index in [-0.39, 0.29) is 17.8 Å². The Morgan fingerprint density at radius 2 is 1.77 bits per heavy atom.